The highest BCUT2D eigenvalue weighted by molar-refractivity contribution is 7.92. The first-order chi connectivity index (χ1) is 26.9. The monoisotopic (exact) mass is 829 g/mol. The van der Waals surface area contributed by atoms with Gasteiger partial charge in [-0.25, -0.2) is 27.9 Å². The second-order valence-electron chi connectivity index (χ2n) is 12.8. The third-order valence-corrected chi connectivity index (χ3v) is 9.74. The summed E-state index contributed by atoms with van der Waals surface area (Å²) >= 11 is 6.33. The van der Waals surface area contributed by atoms with Crippen LogP contribution >= 0.6 is 11.6 Å². The molecule has 0 saturated heterocycles. The number of ether oxygens (including phenoxy) is 4. The zero-order valence-electron chi connectivity index (χ0n) is 32.0. The summed E-state index contributed by atoms with van der Waals surface area (Å²) < 4.78 is 49.4. The van der Waals surface area contributed by atoms with Crippen LogP contribution in [0.2, 0.25) is 5.02 Å². The van der Waals surface area contributed by atoms with Crippen LogP contribution in [0.5, 0.6) is 5.75 Å². The van der Waals surface area contributed by atoms with E-state index in [4.69, 9.17) is 40.8 Å². The minimum atomic E-state index is -4.11. The van der Waals surface area contributed by atoms with Gasteiger partial charge in [-0.1, -0.05) is 82.2 Å². The molecule has 17 nitrogen and oxygen atoms in total. The molecule has 1 aromatic carbocycles. The SMILES string of the molecule is CCOC(CNC(=O)COCCNC(=O)c1cnc(NS(=O)(=O)c2ccc(OCCCCCCCCCCCCCCCC(=O)O)c(Cl)c2)nc1)OCC(=O)O. The molecule has 2 amide bonds. The Morgan fingerprint density at radius 3 is 1.96 bits per heavy atom. The molecule has 0 radical (unpaired) electrons. The molecule has 0 fully saturated rings. The summed E-state index contributed by atoms with van der Waals surface area (Å²) in [5.74, 6) is -2.81. The van der Waals surface area contributed by atoms with Crippen molar-refractivity contribution in [3.05, 3.63) is 41.2 Å². The fourth-order valence-corrected chi connectivity index (χ4v) is 6.50. The molecule has 0 saturated carbocycles. The van der Waals surface area contributed by atoms with Gasteiger partial charge in [-0.3, -0.25) is 14.4 Å². The molecule has 314 valence electrons. The summed E-state index contributed by atoms with van der Waals surface area (Å²) in [4.78, 5) is 53.3. The maximum Gasteiger partial charge on any atom is 0.329 e. The summed E-state index contributed by atoms with van der Waals surface area (Å²) in [6.07, 6.45) is 16.0. The summed E-state index contributed by atoms with van der Waals surface area (Å²) in [7, 11) is -4.11. The Balaban J connectivity index is 1.61. The predicted octanol–water partition coefficient (Wildman–Crippen LogP) is 5.18. The van der Waals surface area contributed by atoms with E-state index in [-0.39, 0.29) is 60.8 Å². The maximum absolute atomic E-state index is 13.0. The minimum absolute atomic E-state index is 0.00132. The Morgan fingerprint density at radius 1 is 0.786 bits per heavy atom. The van der Waals surface area contributed by atoms with Crippen LogP contribution in [0.4, 0.5) is 5.95 Å². The number of carbonyl (C=O) groups excluding carboxylic acids is 2. The topological polar surface area (TPSA) is 242 Å². The number of benzene rings is 1. The second kappa shape index (κ2) is 28.3. The molecule has 0 spiro atoms. The van der Waals surface area contributed by atoms with Gasteiger partial charge in [0, 0.05) is 32.0 Å². The van der Waals surface area contributed by atoms with Crippen molar-refractivity contribution in [3.63, 3.8) is 0 Å². The van der Waals surface area contributed by atoms with Crippen molar-refractivity contribution in [2.24, 2.45) is 0 Å². The molecule has 5 N–H and O–H groups in total. The number of carboxylic acid groups (broad SMARTS) is 2. The molecular weight excluding hydrogens is 774 g/mol. The van der Waals surface area contributed by atoms with Crippen LogP contribution in [0.1, 0.15) is 107 Å². The van der Waals surface area contributed by atoms with Crippen molar-refractivity contribution in [2.45, 2.75) is 108 Å². The van der Waals surface area contributed by atoms with Gasteiger partial charge in [-0.05, 0) is 38.0 Å². The molecular formula is C37H56ClN5O12S. The van der Waals surface area contributed by atoms with Crippen LogP contribution in [0.15, 0.2) is 35.5 Å². The molecule has 56 heavy (non-hydrogen) atoms. The lowest BCUT2D eigenvalue weighted by Gasteiger charge is -2.17. The second-order valence-corrected chi connectivity index (χ2v) is 14.9. The van der Waals surface area contributed by atoms with E-state index in [1.54, 1.807) is 6.92 Å². The number of aromatic nitrogens is 2. The van der Waals surface area contributed by atoms with Crippen LogP contribution < -0.4 is 20.1 Å². The Kier molecular flexibility index (Phi) is 24.3. The predicted molar refractivity (Wildman–Crippen MR) is 207 cm³/mol. The number of amides is 2. The van der Waals surface area contributed by atoms with E-state index in [0.29, 0.717) is 12.4 Å². The van der Waals surface area contributed by atoms with Crippen LogP contribution in [0.25, 0.3) is 0 Å². The van der Waals surface area contributed by atoms with E-state index < -0.39 is 46.7 Å². The van der Waals surface area contributed by atoms with E-state index in [9.17, 15) is 27.6 Å². The number of nitrogens with zero attached hydrogens (tertiary/aromatic N) is 2. The molecule has 1 unspecified atom stereocenters. The van der Waals surface area contributed by atoms with Gasteiger partial charge in [-0.15, -0.1) is 0 Å². The number of carbonyl (C=O) groups is 4. The van der Waals surface area contributed by atoms with Gasteiger partial charge in [0.15, 0.2) is 6.29 Å². The number of anilines is 1. The van der Waals surface area contributed by atoms with E-state index in [1.807, 2.05) is 0 Å². The number of aliphatic carboxylic acids is 2. The van der Waals surface area contributed by atoms with Crippen LogP contribution in [0, 0.1) is 0 Å². The van der Waals surface area contributed by atoms with Crippen LogP contribution in [-0.4, -0.2) is 105 Å². The van der Waals surface area contributed by atoms with E-state index in [0.717, 1.165) is 50.9 Å². The number of unbranched alkanes of at least 4 members (excludes halogenated alkanes) is 12. The molecule has 0 aliphatic rings. The zero-order chi connectivity index (χ0) is 41.0. The lowest BCUT2D eigenvalue weighted by Crippen LogP contribution is -2.38. The third kappa shape index (κ3) is 21.8. The Hall–Kier alpha value is -4.10. The number of nitrogens with one attached hydrogen (secondary N) is 3. The Morgan fingerprint density at radius 2 is 1.39 bits per heavy atom. The lowest BCUT2D eigenvalue weighted by atomic mass is 10.0. The molecule has 2 rings (SSSR count). The molecule has 2 aromatic rings. The van der Waals surface area contributed by atoms with E-state index >= 15 is 0 Å². The number of rotatable bonds is 33. The van der Waals surface area contributed by atoms with Crippen LogP contribution in [-0.2, 0) is 38.6 Å². The minimum Gasteiger partial charge on any atom is -0.492 e. The van der Waals surface area contributed by atoms with E-state index in [2.05, 4.69) is 25.3 Å². The van der Waals surface area contributed by atoms with Gasteiger partial charge in [0.1, 0.15) is 19.0 Å². The average molecular weight is 830 g/mol. The first-order valence-corrected chi connectivity index (χ1v) is 20.8. The van der Waals surface area contributed by atoms with Crippen molar-refractivity contribution in [2.75, 3.05) is 50.8 Å². The lowest BCUT2D eigenvalue weighted by molar-refractivity contribution is -0.166. The number of hydrogen-bond donors (Lipinski definition) is 5. The molecule has 0 aliphatic carbocycles. The molecule has 19 heteroatoms. The van der Waals surface area contributed by atoms with Gasteiger partial charge in [0.05, 0.1) is 35.2 Å². The third-order valence-electron chi connectivity index (χ3n) is 8.12. The zero-order valence-corrected chi connectivity index (χ0v) is 33.5. The first kappa shape index (κ1) is 48.0. The van der Waals surface area contributed by atoms with Crippen molar-refractivity contribution >= 4 is 51.3 Å². The van der Waals surface area contributed by atoms with E-state index in [1.165, 1.54) is 63.1 Å². The Bertz CT molecular complexity index is 1580. The summed E-state index contributed by atoms with van der Waals surface area (Å²) in [6.45, 7) is 1.49. The van der Waals surface area contributed by atoms with Gasteiger partial charge in [0.2, 0.25) is 11.9 Å². The van der Waals surface area contributed by atoms with Gasteiger partial charge < -0.3 is 39.8 Å². The number of carboxylic acids is 2. The first-order valence-electron chi connectivity index (χ1n) is 19.0. The molecule has 1 aromatic heterocycles. The van der Waals surface area contributed by atoms with Crippen molar-refractivity contribution < 1.29 is 56.8 Å². The normalized spacial score (nSPS) is 11.8. The highest BCUT2D eigenvalue weighted by Crippen LogP contribution is 2.28. The smallest absolute Gasteiger partial charge is 0.329 e. The molecule has 0 aliphatic heterocycles. The van der Waals surface area contributed by atoms with Crippen LogP contribution in [0.3, 0.4) is 0 Å². The van der Waals surface area contributed by atoms with Gasteiger partial charge >= 0.3 is 11.9 Å². The highest BCUT2D eigenvalue weighted by Gasteiger charge is 2.19. The summed E-state index contributed by atoms with van der Waals surface area (Å²) in [5, 5.41) is 22.6. The molecule has 0 bridgehead atoms. The summed E-state index contributed by atoms with van der Waals surface area (Å²) in [6, 6.07) is 4.14. The summed E-state index contributed by atoms with van der Waals surface area (Å²) in [5.41, 5.74) is 0.0598. The van der Waals surface area contributed by atoms with Crippen molar-refractivity contribution in [3.8, 4) is 5.75 Å². The fraction of sp³-hybridized carbons (Fsp3) is 0.622. The fourth-order valence-electron chi connectivity index (χ4n) is 5.22. The maximum atomic E-state index is 13.0. The number of sulfonamides is 1. The largest absolute Gasteiger partial charge is 0.492 e. The number of hydrogen-bond acceptors (Lipinski definition) is 12. The molecule has 1 atom stereocenters. The average Bonchev–Trinajstić information content (AvgIpc) is 3.16. The quantitative estimate of drug-likeness (QED) is 0.0460. The number of halogens is 1. The van der Waals surface area contributed by atoms with Gasteiger partial charge in [-0.2, -0.15) is 0 Å². The Labute approximate surface area is 333 Å². The molecule has 1 heterocycles. The van der Waals surface area contributed by atoms with Gasteiger partial charge in [0.25, 0.3) is 15.9 Å². The highest BCUT2D eigenvalue weighted by atomic mass is 35.5. The van der Waals surface area contributed by atoms with Crippen molar-refractivity contribution in [1.82, 2.24) is 20.6 Å². The standard InChI is InChI=1S/C37H56ClN5O12S/c1-2-53-35(55-27-34(47)48)25-40-32(44)26-52-21-19-39-36(49)28-23-41-37(42-24-28)43-56(50,51)29-17-18-31(30(38)22-29)54-20-15-13-11-9-7-5-3-4-6-8-10-12-14-16-33(45)46/h17-18,22-24,35H,2-16,19-21,25-27H2,1H3,(H,39,49)(H,40,44)(H,45,46)(H,47,48)(H,41,42,43). The van der Waals surface area contributed by atoms with Crippen molar-refractivity contribution in [1.29, 1.82) is 0 Å².